The van der Waals surface area contributed by atoms with Gasteiger partial charge in [0.15, 0.2) is 0 Å². The molecule has 15 heavy (non-hydrogen) atoms. The lowest BCUT2D eigenvalue weighted by Gasteiger charge is -2.31. The highest BCUT2D eigenvalue weighted by Gasteiger charge is 2.31. The summed E-state index contributed by atoms with van der Waals surface area (Å²) in [4.78, 5) is 2.59. The molecule has 2 rings (SSSR count). The van der Waals surface area contributed by atoms with Crippen LogP contribution in [0.4, 0.5) is 0 Å². The van der Waals surface area contributed by atoms with Crippen molar-refractivity contribution < 1.29 is 4.74 Å². The van der Waals surface area contributed by atoms with Crippen LogP contribution >= 0.6 is 0 Å². The monoisotopic (exact) mass is 212 g/mol. The number of hydrogen-bond donors (Lipinski definition) is 1. The van der Waals surface area contributed by atoms with E-state index in [0.29, 0.717) is 11.3 Å². The van der Waals surface area contributed by atoms with Crippen molar-refractivity contribution in [1.82, 2.24) is 10.2 Å². The van der Waals surface area contributed by atoms with Crippen molar-refractivity contribution in [3.05, 3.63) is 0 Å². The average Bonchev–Trinajstić information content (AvgIpc) is 2.49. The Kier molecular flexibility index (Phi) is 3.65. The van der Waals surface area contributed by atoms with Crippen molar-refractivity contribution in [3.8, 4) is 0 Å². The molecule has 1 N–H and O–H groups in total. The van der Waals surface area contributed by atoms with E-state index in [-0.39, 0.29) is 0 Å². The topological polar surface area (TPSA) is 24.5 Å². The highest BCUT2D eigenvalue weighted by atomic mass is 16.5. The normalized spacial score (nSPS) is 39.2. The summed E-state index contributed by atoms with van der Waals surface area (Å²) >= 11 is 0. The fourth-order valence-corrected chi connectivity index (χ4v) is 2.75. The van der Waals surface area contributed by atoms with Crippen LogP contribution in [0, 0.1) is 11.3 Å². The van der Waals surface area contributed by atoms with Crippen LogP contribution < -0.4 is 5.32 Å². The maximum absolute atomic E-state index is 5.58. The van der Waals surface area contributed by atoms with Gasteiger partial charge in [-0.25, -0.2) is 0 Å². The first-order valence-electron chi connectivity index (χ1n) is 6.19. The van der Waals surface area contributed by atoms with E-state index in [0.717, 1.165) is 19.8 Å². The van der Waals surface area contributed by atoms with Gasteiger partial charge < -0.3 is 15.0 Å². The second-order valence-electron chi connectivity index (χ2n) is 5.65. The van der Waals surface area contributed by atoms with E-state index in [2.05, 4.69) is 24.1 Å². The summed E-state index contributed by atoms with van der Waals surface area (Å²) in [5, 5.41) is 3.47. The summed E-state index contributed by atoms with van der Waals surface area (Å²) < 4.78 is 5.58. The Hall–Kier alpha value is -0.120. The van der Waals surface area contributed by atoms with E-state index < -0.39 is 0 Å². The Balaban J connectivity index is 1.86. The van der Waals surface area contributed by atoms with E-state index in [1.54, 1.807) is 0 Å². The second-order valence-corrected chi connectivity index (χ2v) is 5.65. The van der Waals surface area contributed by atoms with Gasteiger partial charge in [-0.2, -0.15) is 0 Å². The molecule has 88 valence electrons. The van der Waals surface area contributed by atoms with E-state index in [9.17, 15) is 0 Å². The van der Waals surface area contributed by atoms with Gasteiger partial charge in [0.25, 0.3) is 0 Å². The predicted octanol–water partition coefficient (Wildman–Crippen LogP) is 0.954. The first kappa shape index (κ1) is 11.4. The van der Waals surface area contributed by atoms with Gasteiger partial charge in [0.05, 0.1) is 13.2 Å². The smallest absolute Gasteiger partial charge is 0.0593 e. The fourth-order valence-electron chi connectivity index (χ4n) is 2.75. The van der Waals surface area contributed by atoms with Gasteiger partial charge in [-0.15, -0.1) is 0 Å². The van der Waals surface area contributed by atoms with Crippen LogP contribution in [0.3, 0.4) is 0 Å². The lowest BCUT2D eigenvalue weighted by atomic mass is 9.89. The van der Waals surface area contributed by atoms with Crippen molar-refractivity contribution >= 4 is 0 Å². The number of hydrogen-bond acceptors (Lipinski definition) is 3. The molecule has 0 bridgehead atoms. The van der Waals surface area contributed by atoms with Crippen molar-refractivity contribution in [2.24, 2.45) is 11.3 Å². The lowest BCUT2D eigenvalue weighted by molar-refractivity contribution is 0.122. The minimum absolute atomic E-state index is 0.490. The molecule has 0 saturated carbocycles. The molecule has 2 saturated heterocycles. The van der Waals surface area contributed by atoms with E-state index >= 15 is 0 Å². The Bertz CT molecular complexity index is 202. The van der Waals surface area contributed by atoms with E-state index in [4.69, 9.17) is 4.74 Å². The third-order valence-electron chi connectivity index (χ3n) is 3.59. The van der Waals surface area contributed by atoms with Crippen LogP contribution in [-0.4, -0.2) is 50.8 Å². The standard InChI is InChI=1S/C12H24N2O/c1-11-7-14(5-6-15-8-11)10-12(2)3-4-13-9-12/h11,13H,3-10H2,1-2H3. The summed E-state index contributed by atoms with van der Waals surface area (Å²) in [7, 11) is 0. The van der Waals surface area contributed by atoms with Crippen molar-refractivity contribution in [2.45, 2.75) is 20.3 Å². The number of nitrogens with one attached hydrogen (secondary N) is 1. The minimum Gasteiger partial charge on any atom is -0.380 e. The maximum Gasteiger partial charge on any atom is 0.0593 e. The molecule has 2 atom stereocenters. The molecule has 3 heteroatoms. The molecule has 0 aliphatic carbocycles. The SMILES string of the molecule is CC1COCCN(CC2(C)CCNC2)C1. The third-order valence-corrected chi connectivity index (χ3v) is 3.59. The van der Waals surface area contributed by atoms with Gasteiger partial charge in [-0.05, 0) is 24.3 Å². The molecular weight excluding hydrogens is 188 g/mol. The molecule has 2 aliphatic rings. The zero-order chi connectivity index (χ0) is 10.7. The summed E-state index contributed by atoms with van der Waals surface area (Å²) in [5.41, 5.74) is 0.490. The van der Waals surface area contributed by atoms with Gasteiger partial charge >= 0.3 is 0 Å². The minimum atomic E-state index is 0.490. The Morgan fingerprint density at radius 1 is 1.53 bits per heavy atom. The number of rotatable bonds is 2. The molecular formula is C12H24N2O. The highest BCUT2D eigenvalue weighted by Crippen LogP contribution is 2.26. The molecule has 0 spiro atoms. The lowest BCUT2D eigenvalue weighted by Crippen LogP contribution is -2.39. The molecule has 2 heterocycles. The van der Waals surface area contributed by atoms with Crippen LogP contribution in [0.15, 0.2) is 0 Å². The van der Waals surface area contributed by atoms with Crippen LogP contribution in [-0.2, 0) is 4.74 Å². The molecule has 2 fully saturated rings. The van der Waals surface area contributed by atoms with Crippen molar-refractivity contribution in [3.63, 3.8) is 0 Å². The molecule has 0 aromatic heterocycles. The van der Waals surface area contributed by atoms with Crippen LogP contribution in [0.25, 0.3) is 0 Å². The first-order chi connectivity index (χ1) is 7.18. The molecule has 2 unspecified atom stereocenters. The predicted molar refractivity (Wildman–Crippen MR) is 62.0 cm³/mol. The van der Waals surface area contributed by atoms with Gasteiger partial charge in [0.2, 0.25) is 0 Å². The van der Waals surface area contributed by atoms with Gasteiger partial charge in [0.1, 0.15) is 0 Å². The maximum atomic E-state index is 5.58. The first-order valence-corrected chi connectivity index (χ1v) is 6.19. The molecule has 0 radical (unpaired) electrons. The fraction of sp³-hybridized carbons (Fsp3) is 1.00. The van der Waals surface area contributed by atoms with Gasteiger partial charge in [-0.1, -0.05) is 13.8 Å². The zero-order valence-electron chi connectivity index (χ0n) is 10.1. The molecule has 0 aromatic rings. The quantitative estimate of drug-likeness (QED) is 0.738. The molecule has 2 aliphatic heterocycles. The Morgan fingerprint density at radius 3 is 3.13 bits per heavy atom. The molecule has 0 amide bonds. The van der Waals surface area contributed by atoms with Crippen LogP contribution in [0.2, 0.25) is 0 Å². The second kappa shape index (κ2) is 4.81. The van der Waals surface area contributed by atoms with Gasteiger partial charge in [-0.3, -0.25) is 0 Å². The Morgan fingerprint density at radius 2 is 2.40 bits per heavy atom. The molecule has 3 nitrogen and oxygen atoms in total. The highest BCUT2D eigenvalue weighted by molar-refractivity contribution is 4.87. The van der Waals surface area contributed by atoms with Crippen LogP contribution in [0.1, 0.15) is 20.3 Å². The van der Waals surface area contributed by atoms with Crippen molar-refractivity contribution in [1.29, 1.82) is 0 Å². The van der Waals surface area contributed by atoms with Gasteiger partial charge in [0, 0.05) is 26.2 Å². The zero-order valence-corrected chi connectivity index (χ0v) is 10.1. The number of ether oxygens (including phenoxy) is 1. The van der Waals surface area contributed by atoms with Crippen molar-refractivity contribution in [2.75, 3.05) is 45.9 Å². The average molecular weight is 212 g/mol. The summed E-state index contributed by atoms with van der Waals surface area (Å²) in [6.07, 6.45) is 1.32. The largest absolute Gasteiger partial charge is 0.380 e. The summed E-state index contributed by atoms with van der Waals surface area (Å²) in [6, 6.07) is 0. The summed E-state index contributed by atoms with van der Waals surface area (Å²) in [6.45, 7) is 12.5. The van der Waals surface area contributed by atoms with E-state index in [1.165, 1.54) is 32.6 Å². The Labute approximate surface area is 93.2 Å². The molecule has 0 aromatic carbocycles. The van der Waals surface area contributed by atoms with E-state index in [1.807, 2.05) is 0 Å². The third kappa shape index (κ3) is 3.16. The number of nitrogens with zero attached hydrogens (tertiary/aromatic N) is 1. The van der Waals surface area contributed by atoms with Crippen LogP contribution in [0.5, 0.6) is 0 Å². The summed E-state index contributed by atoms with van der Waals surface area (Å²) in [5.74, 6) is 0.686.